The van der Waals surface area contributed by atoms with Crippen LogP contribution in [0.2, 0.25) is 0 Å². The van der Waals surface area contributed by atoms with Crippen molar-refractivity contribution >= 4 is 28.8 Å². The van der Waals surface area contributed by atoms with Gasteiger partial charge < -0.3 is 5.32 Å². The van der Waals surface area contributed by atoms with E-state index in [1.807, 2.05) is 87.5 Å². The Kier molecular flexibility index (Phi) is 5.70. The molecule has 0 saturated carbocycles. The number of rotatable bonds is 5. The van der Waals surface area contributed by atoms with Crippen LogP contribution in [0.3, 0.4) is 0 Å². The van der Waals surface area contributed by atoms with Gasteiger partial charge in [0.25, 0.3) is 11.8 Å². The van der Waals surface area contributed by atoms with Crippen LogP contribution in [0.5, 0.6) is 0 Å². The zero-order valence-corrected chi connectivity index (χ0v) is 19.2. The van der Waals surface area contributed by atoms with Crippen molar-refractivity contribution in [3.8, 4) is 0 Å². The number of anilines is 2. The fourth-order valence-electron chi connectivity index (χ4n) is 3.92. The minimum absolute atomic E-state index is 0.303. The number of amides is 2. The standard InChI is InChI=1S/C28H28N2O2/c1-17(2)21-11-13-24(14-12-21)30-27(31)25(22-10-9-19(4)20(5)16-22)26(28(30)32)29-23-8-6-7-18(3)15-23/h6-17,29H,1-5H3. The Bertz CT molecular complexity index is 1240. The fourth-order valence-corrected chi connectivity index (χ4v) is 3.92. The number of nitrogens with one attached hydrogen (secondary N) is 1. The van der Waals surface area contributed by atoms with Crippen molar-refractivity contribution in [2.45, 2.75) is 40.5 Å². The third kappa shape index (κ3) is 3.96. The third-order valence-electron chi connectivity index (χ3n) is 5.98. The maximum atomic E-state index is 13.6. The number of hydrogen-bond acceptors (Lipinski definition) is 3. The molecule has 0 spiro atoms. The predicted octanol–water partition coefficient (Wildman–Crippen LogP) is 6.13. The van der Waals surface area contributed by atoms with Gasteiger partial charge in [0.15, 0.2) is 0 Å². The molecule has 1 N–H and O–H groups in total. The van der Waals surface area contributed by atoms with E-state index in [1.165, 1.54) is 4.90 Å². The Morgan fingerprint density at radius 3 is 2.12 bits per heavy atom. The fraction of sp³-hybridized carbons (Fsp3) is 0.214. The van der Waals surface area contributed by atoms with Crippen LogP contribution in [-0.2, 0) is 9.59 Å². The van der Waals surface area contributed by atoms with E-state index in [0.29, 0.717) is 22.9 Å². The lowest BCUT2D eigenvalue weighted by Gasteiger charge is -2.16. The monoisotopic (exact) mass is 424 g/mol. The van der Waals surface area contributed by atoms with Crippen molar-refractivity contribution in [1.82, 2.24) is 0 Å². The number of aryl methyl sites for hydroxylation is 3. The smallest absolute Gasteiger partial charge is 0.282 e. The summed E-state index contributed by atoms with van der Waals surface area (Å²) in [6, 6.07) is 21.3. The minimum atomic E-state index is -0.345. The molecule has 0 saturated heterocycles. The molecule has 0 atom stereocenters. The van der Waals surface area contributed by atoms with Gasteiger partial charge in [-0.15, -0.1) is 0 Å². The molecular formula is C28H28N2O2. The van der Waals surface area contributed by atoms with Crippen LogP contribution in [0.25, 0.3) is 5.57 Å². The minimum Gasteiger partial charge on any atom is -0.350 e. The number of carbonyl (C=O) groups is 2. The zero-order valence-electron chi connectivity index (χ0n) is 19.2. The molecule has 3 aromatic carbocycles. The van der Waals surface area contributed by atoms with Crippen molar-refractivity contribution in [2.75, 3.05) is 10.2 Å². The molecule has 0 aliphatic carbocycles. The van der Waals surface area contributed by atoms with Crippen LogP contribution in [-0.4, -0.2) is 11.8 Å². The number of imide groups is 1. The number of carbonyl (C=O) groups excluding carboxylic acids is 2. The summed E-state index contributed by atoms with van der Waals surface area (Å²) in [5, 5.41) is 3.24. The number of nitrogens with zero attached hydrogens (tertiary/aromatic N) is 1. The first-order valence-electron chi connectivity index (χ1n) is 10.9. The molecular weight excluding hydrogens is 396 g/mol. The SMILES string of the molecule is Cc1cccc(NC2=C(c3ccc(C)c(C)c3)C(=O)N(c3ccc(C(C)C)cc3)C2=O)c1. The van der Waals surface area contributed by atoms with Gasteiger partial charge in [-0.25, -0.2) is 4.90 Å². The average molecular weight is 425 g/mol. The van der Waals surface area contributed by atoms with Gasteiger partial charge in [-0.3, -0.25) is 9.59 Å². The van der Waals surface area contributed by atoms with Crippen molar-refractivity contribution in [3.05, 3.63) is 100 Å². The van der Waals surface area contributed by atoms with Crippen LogP contribution in [0.1, 0.15) is 47.6 Å². The molecule has 4 nitrogen and oxygen atoms in total. The number of hydrogen-bond donors (Lipinski definition) is 1. The molecule has 1 heterocycles. The second kappa shape index (κ2) is 8.46. The summed E-state index contributed by atoms with van der Waals surface area (Å²) < 4.78 is 0. The third-order valence-corrected chi connectivity index (χ3v) is 5.98. The Morgan fingerprint density at radius 1 is 0.781 bits per heavy atom. The van der Waals surface area contributed by atoms with E-state index in [2.05, 4.69) is 19.2 Å². The van der Waals surface area contributed by atoms with Crippen LogP contribution in [0, 0.1) is 20.8 Å². The van der Waals surface area contributed by atoms with E-state index in [-0.39, 0.29) is 11.8 Å². The van der Waals surface area contributed by atoms with Gasteiger partial charge in [0, 0.05) is 5.69 Å². The maximum absolute atomic E-state index is 13.6. The van der Waals surface area contributed by atoms with Crippen LogP contribution in [0.4, 0.5) is 11.4 Å². The largest absolute Gasteiger partial charge is 0.350 e. The Hall–Kier alpha value is -3.66. The van der Waals surface area contributed by atoms with Gasteiger partial charge in [0.2, 0.25) is 0 Å². The summed E-state index contributed by atoms with van der Waals surface area (Å²) >= 11 is 0. The van der Waals surface area contributed by atoms with Crippen molar-refractivity contribution in [3.63, 3.8) is 0 Å². The highest BCUT2D eigenvalue weighted by Gasteiger charge is 2.40. The highest BCUT2D eigenvalue weighted by Crippen LogP contribution is 2.35. The molecule has 4 rings (SSSR count). The van der Waals surface area contributed by atoms with Crippen LogP contribution < -0.4 is 10.2 Å². The Labute approximate surface area is 189 Å². The first kappa shape index (κ1) is 21.6. The molecule has 1 aliphatic rings. The lowest BCUT2D eigenvalue weighted by molar-refractivity contribution is -0.120. The van der Waals surface area contributed by atoms with Crippen LogP contribution in [0.15, 0.2) is 72.4 Å². The summed E-state index contributed by atoms with van der Waals surface area (Å²) in [6.07, 6.45) is 0. The second-order valence-electron chi connectivity index (χ2n) is 8.74. The van der Waals surface area contributed by atoms with Gasteiger partial charge in [0.05, 0.1) is 11.3 Å². The average Bonchev–Trinajstić information content (AvgIpc) is 3.00. The lowest BCUT2D eigenvalue weighted by Crippen LogP contribution is -2.32. The van der Waals surface area contributed by atoms with Gasteiger partial charge in [0.1, 0.15) is 5.70 Å². The lowest BCUT2D eigenvalue weighted by atomic mass is 9.99. The summed E-state index contributed by atoms with van der Waals surface area (Å²) in [7, 11) is 0. The van der Waals surface area contributed by atoms with Gasteiger partial charge in [-0.05, 0) is 78.8 Å². The maximum Gasteiger partial charge on any atom is 0.282 e. The molecule has 0 fully saturated rings. The molecule has 0 radical (unpaired) electrons. The van der Waals surface area contributed by atoms with Crippen molar-refractivity contribution in [1.29, 1.82) is 0 Å². The van der Waals surface area contributed by atoms with Gasteiger partial charge in [-0.2, -0.15) is 0 Å². The highest BCUT2D eigenvalue weighted by atomic mass is 16.2. The highest BCUT2D eigenvalue weighted by molar-refractivity contribution is 6.46. The Morgan fingerprint density at radius 2 is 1.50 bits per heavy atom. The summed E-state index contributed by atoms with van der Waals surface area (Å²) in [5.41, 5.74) is 7.23. The summed E-state index contributed by atoms with van der Waals surface area (Å²) in [5.74, 6) is -0.287. The Balaban J connectivity index is 1.81. The predicted molar refractivity (Wildman–Crippen MR) is 131 cm³/mol. The zero-order chi connectivity index (χ0) is 23.0. The molecule has 1 aliphatic heterocycles. The van der Waals surface area contributed by atoms with E-state index < -0.39 is 0 Å². The molecule has 0 bridgehead atoms. The normalized spacial score (nSPS) is 14.0. The molecule has 0 unspecified atom stereocenters. The molecule has 2 amide bonds. The van der Waals surface area contributed by atoms with E-state index in [0.717, 1.165) is 33.5 Å². The van der Waals surface area contributed by atoms with E-state index in [9.17, 15) is 9.59 Å². The van der Waals surface area contributed by atoms with Gasteiger partial charge in [-0.1, -0.05) is 56.3 Å². The number of benzene rings is 3. The van der Waals surface area contributed by atoms with Gasteiger partial charge >= 0.3 is 0 Å². The first-order chi connectivity index (χ1) is 15.3. The van der Waals surface area contributed by atoms with Crippen molar-refractivity contribution in [2.24, 2.45) is 0 Å². The molecule has 0 aromatic heterocycles. The van der Waals surface area contributed by atoms with E-state index in [1.54, 1.807) is 0 Å². The molecule has 3 aromatic rings. The summed E-state index contributed by atoms with van der Waals surface area (Å²) in [4.78, 5) is 28.4. The summed E-state index contributed by atoms with van der Waals surface area (Å²) in [6.45, 7) is 10.3. The van der Waals surface area contributed by atoms with Crippen molar-refractivity contribution < 1.29 is 9.59 Å². The first-order valence-corrected chi connectivity index (χ1v) is 10.9. The molecule has 4 heteroatoms. The van der Waals surface area contributed by atoms with E-state index >= 15 is 0 Å². The molecule has 32 heavy (non-hydrogen) atoms. The van der Waals surface area contributed by atoms with E-state index in [4.69, 9.17) is 0 Å². The topological polar surface area (TPSA) is 49.4 Å². The second-order valence-corrected chi connectivity index (χ2v) is 8.74. The molecule has 162 valence electrons. The quantitative estimate of drug-likeness (QED) is 0.501. The van der Waals surface area contributed by atoms with Crippen LogP contribution >= 0.6 is 0 Å².